The second kappa shape index (κ2) is 7.04. The minimum absolute atomic E-state index is 0.234. The van der Waals surface area contributed by atoms with Crippen molar-refractivity contribution < 1.29 is 4.79 Å². The Morgan fingerprint density at radius 1 is 1.33 bits per heavy atom. The van der Waals surface area contributed by atoms with Gasteiger partial charge in [0.15, 0.2) is 0 Å². The van der Waals surface area contributed by atoms with Crippen LogP contribution in [-0.4, -0.2) is 33.4 Å². The minimum Gasteiger partial charge on any atom is -0.329 e. The molecule has 24 heavy (non-hydrogen) atoms. The summed E-state index contributed by atoms with van der Waals surface area (Å²) in [6, 6.07) is 3.63. The molecule has 128 valence electrons. The highest BCUT2D eigenvalue weighted by molar-refractivity contribution is 7.11. The van der Waals surface area contributed by atoms with E-state index in [9.17, 15) is 9.59 Å². The van der Waals surface area contributed by atoms with Gasteiger partial charge >= 0.3 is 6.03 Å². The summed E-state index contributed by atoms with van der Waals surface area (Å²) in [6.45, 7) is 5.67. The first-order chi connectivity index (χ1) is 11.5. The third-order valence-electron chi connectivity index (χ3n) is 4.02. The summed E-state index contributed by atoms with van der Waals surface area (Å²) < 4.78 is 2.65. The highest BCUT2D eigenvalue weighted by atomic mass is 32.1. The van der Waals surface area contributed by atoms with Crippen LogP contribution in [0.2, 0.25) is 0 Å². The Bertz CT molecular complexity index is 760. The van der Waals surface area contributed by atoms with Gasteiger partial charge in [-0.1, -0.05) is 19.9 Å². The van der Waals surface area contributed by atoms with Crippen LogP contribution in [0.3, 0.4) is 0 Å². The fourth-order valence-corrected chi connectivity index (χ4v) is 3.25. The van der Waals surface area contributed by atoms with Gasteiger partial charge in [-0.25, -0.2) is 9.78 Å². The smallest absolute Gasteiger partial charge is 0.322 e. The number of urea groups is 1. The number of aromatic amines is 1. The third kappa shape index (κ3) is 3.59. The minimum atomic E-state index is -0.311. The average Bonchev–Trinajstić information content (AvgIpc) is 3.21. The maximum absolute atomic E-state index is 12.2. The fraction of sp³-hybridized carbons (Fsp3) is 0.438. The summed E-state index contributed by atoms with van der Waals surface area (Å²) in [5.41, 5.74) is 1.07. The third-order valence-corrected chi connectivity index (χ3v) is 4.82. The van der Waals surface area contributed by atoms with E-state index < -0.39 is 0 Å². The molecule has 1 fully saturated rings. The Morgan fingerprint density at radius 3 is 2.71 bits per heavy atom. The van der Waals surface area contributed by atoms with Crippen LogP contribution in [0.4, 0.5) is 21.3 Å². The summed E-state index contributed by atoms with van der Waals surface area (Å²) in [7, 11) is 0. The van der Waals surface area contributed by atoms with E-state index in [1.54, 1.807) is 4.90 Å². The van der Waals surface area contributed by atoms with E-state index >= 15 is 0 Å². The molecule has 7 nitrogen and oxygen atoms in total. The van der Waals surface area contributed by atoms with Gasteiger partial charge in [-0.15, -0.1) is 0 Å². The van der Waals surface area contributed by atoms with Gasteiger partial charge in [0.25, 0.3) is 5.56 Å². The van der Waals surface area contributed by atoms with Gasteiger partial charge in [0.05, 0.1) is 0 Å². The molecular weight excluding hydrogens is 326 g/mol. The molecule has 2 aromatic heterocycles. The highest BCUT2D eigenvalue weighted by Gasteiger charge is 2.21. The predicted molar refractivity (Wildman–Crippen MR) is 96.4 cm³/mol. The number of hydrogen-bond donors (Lipinski definition) is 3. The van der Waals surface area contributed by atoms with Crippen molar-refractivity contribution in [3.8, 4) is 0 Å². The quantitative estimate of drug-likeness (QED) is 0.791. The largest absolute Gasteiger partial charge is 0.329 e. The van der Waals surface area contributed by atoms with Crippen LogP contribution in [0.1, 0.15) is 38.2 Å². The number of rotatable bonds is 4. The molecule has 0 spiro atoms. The predicted octanol–water partition coefficient (Wildman–Crippen LogP) is 3.33. The fourth-order valence-electron chi connectivity index (χ4n) is 2.55. The molecule has 0 aromatic carbocycles. The number of aromatic nitrogens is 2. The van der Waals surface area contributed by atoms with Crippen molar-refractivity contribution in [1.82, 2.24) is 14.3 Å². The van der Waals surface area contributed by atoms with Gasteiger partial charge in [-0.3, -0.25) is 9.17 Å². The zero-order chi connectivity index (χ0) is 17.1. The number of amides is 2. The number of likely N-dealkylation sites (tertiary alicyclic amines) is 1. The number of anilines is 3. The van der Waals surface area contributed by atoms with Crippen LogP contribution in [0.25, 0.3) is 0 Å². The van der Waals surface area contributed by atoms with Crippen molar-refractivity contribution in [2.45, 2.75) is 32.6 Å². The molecule has 0 saturated carbocycles. The Morgan fingerprint density at radius 2 is 2.08 bits per heavy atom. The molecule has 1 aliphatic rings. The molecule has 0 bridgehead atoms. The molecule has 8 heteroatoms. The molecule has 0 radical (unpaired) electrons. The van der Waals surface area contributed by atoms with E-state index in [1.807, 2.05) is 18.3 Å². The first-order valence-electron chi connectivity index (χ1n) is 8.05. The number of H-pyrrole nitrogens is 1. The van der Waals surface area contributed by atoms with Crippen LogP contribution in [-0.2, 0) is 0 Å². The van der Waals surface area contributed by atoms with Gasteiger partial charge in [0, 0.05) is 19.3 Å². The Labute approximate surface area is 144 Å². The van der Waals surface area contributed by atoms with Crippen LogP contribution in [0.5, 0.6) is 0 Å². The van der Waals surface area contributed by atoms with Gasteiger partial charge in [-0.2, -0.15) is 0 Å². The van der Waals surface area contributed by atoms with Crippen molar-refractivity contribution in [2.24, 2.45) is 0 Å². The van der Waals surface area contributed by atoms with E-state index in [0.717, 1.165) is 43.0 Å². The van der Waals surface area contributed by atoms with Crippen molar-refractivity contribution in [2.75, 3.05) is 23.7 Å². The number of pyridine rings is 1. The van der Waals surface area contributed by atoms with E-state index in [4.69, 9.17) is 0 Å². The maximum Gasteiger partial charge on any atom is 0.322 e. The van der Waals surface area contributed by atoms with E-state index in [-0.39, 0.29) is 17.3 Å². The van der Waals surface area contributed by atoms with Crippen molar-refractivity contribution in [1.29, 1.82) is 0 Å². The Balaban J connectivity index is 1.74. The lowest BCUT2D eigenvalue weighted by Crippen LogP contribution is -2.33. The summed E-state index contributed by atoms with van der Waals surface area (Å²) in [5, 5.41) is 6.37. The molecule has 3 N–H and O–H groups in total. The first-order valence-corrected chi connectivity index (χ1v) is 8.86. The first kappa shape index (κ1) is 16.5. The summed E-state index contributed by atoms with van der Waals surface area (Å²) >= 11 is 1.14. The lowest BCUT2D eigenvalue weighted by Gasteiger charge is -2.15. The number of hydrogen-bond acceptors (Lipinski definition) is 5. The maximum atomic E-state index is 12.2. The number of carbonyl (C=O) groups is 1. The topological polar surface area (TPSA) is 90.1 Å². The van der Waals surface area contributed by atoms with Crippen molar-refractivity contribution >= 4 is 34.1 Å². The summed E-state index contributed by atoms with van der Waals surface area (Å²) in [4.78, 5) is 30.3. The SMILES string of the molecule is CC(C)c1ccc(Nc2s[nH]c(=O)c2NC(=O)N2CCCC2)nc1. The summed E-state index contributed by atoms with van der Waals surface area (Å²) in [6.07, 6.45) is 3.82. The normalized spacial score (nSPS) is 14.2. The van der Waals surface area contributed by atoms with Crippen molar-refractivity contribution in [3.63, 3.8) is 0 Å². The molecule has 0 unspecified atom stereocenters. The van der Waals surface area contributed by atoms with Crippen LogP contribution in [0.15, 0.2) is 23.1 Å². The summed E-state index contributed by atoms with van der Waals surface area (Å²) in [5.74, 6) is 1.04. The Kier molecular flexibility index (Phi) is 4.84. The number of carbonyl (C=O) groups excluding carboxylic acids is 1. The average molecular weight is 347 g/mol. The van der Waals surface area contributed by atoms with Gasteiger partial charge in [0.2, 0.25) is 0 Å². The molecule has 3 rings (SSSR count). The molecule has 3 heterocycles. The van der Waals surface area contributed by atoms with Crippen LogP contribution in [0, 0.1) is 0 Å². The molecular formula is C16H21N5O2S. The zero-order valence-corrected chi connectivity index (χ0v) is 14.6. The van der Waals surface area contributed by atoms with Crippen LogP contribution < -0.4 is 16.2 Å². The molecule has 2 amide bonds. The zero-order valence-electron chi connectivity index (χ0n) is 13.8. The molecule has 1 aliphatic heterocycles. The molecule has 1 saturated heterocycles. The number of nitrogens with zero attached hydrogens (tertiary/aromatic N) is 2. The van der Waals surface area contributed by atoms with E-state index in [0.29, 0.717) is 16.7 Å². The van der Waals surface area contributed by atoms with Crippen molar-refractivity contribution in [3.05, 3.63) is 34.2 Å². The van der Waals surface area contributed by atoms with E-state index in [1.165, 1.54) is 0 Å². The highest BCUT2D eigenvalue weighted by Crippen LogP contribution is 2.26. The monoisotopic (exact) mass is 347 g/mol. The second-order valence-electron chi connectivity index (χ2n) is 6.12. The molecule has 0 aliphatic carbocycles. The van der Waals surface area contributed by atoms with Crippen LogP contribution >= 0.6 is 11.5 Å². The number of nitrogens with one attached hydrogen (secondary N) is 3. The second-order valence-corrected chi connectivity index (χ2v) is 6.93. The molecule has 0 atom stereocenters. The lowest BCUT2D eigenvalue weighted by atomic mass is 10.1. The molecule has 2 aromatic rings. The van der Waals surface area contributed by atoms with E-state index in [2.05, 4.69) is 33.8 Å². The van der Waals surface area contributed by atoms with Gasteiger partial charge in [0.1, 0.15) is 16.5 Å². The Hall–Kier alpha value is -2.35. The van der Waals surface area contributed by atoms with Gasteiger partial charge < -0.3 is 15.5 Å². The lowest BCUT2D eigenvalue weighted by molar-refractivity contribution is 0.222. The van der Waals surface area contributed by atoms with Gasteiger partial charge in [-0.05, 0) is 41.9 Å². The standard InChI is InChI=1S/C16H21N5O2S/c1-10(2)11-5-6-12(17-9-11)18-15-13(14(22)20-24-15)19-16(23)21-7-3-4-8-21/h5-6,9-10H,3-4,7-8H2,1-2H3,(H,17,18)(H,19,23)(H,20,22).